The van der Waals surface area contributed by atoms with E-state index in [0.717, 1.165) is 17.6 Å². The number of thioether (sulfide) groups is 1. The zero-order chi connectivity index (χ0) is 18.3. The van der Waals surface area contributed by atoms with Crippen molar-refractivity contribution in [2.75, 3.05) is 38.7 Å². The summed E-state index contributed by atoms with van der Waals surface area (Å²) in [6, 6.07) is 9.13. The molecule has 6 heteroatoms. The Morgan fingerprint density at radius 3 is 2.60 bits per heavy atom. The van der Waals surface area contributed by atoms with Gasteiger partial charge in [0.1, 0.15) is 18.9 Å². The molecule has 0 fully saturated rings. The highest BCUT2D eigenvalue weighted by Crippen LogP contribution is 2.61. The van der Waals surface area contributed by atoms with Crippen LogP contribution >= 0.6 is 56.9 Å². The molecule has 0 spiro atoms. The molecule has 0 saturated carbocycles. The first-order valence-corrected chi connectivity index (χ1v) is 11.4. The summed E-state index contributed by atoms with van der Waals surface area (Å²) in [5.41, 5.74) is 1.31. The molecular formula is C19H25I2N2OS+. The van der Waals surface area contributed by atoms with Crippen LogP contribution in [0.1, 0.15) is 6.92 Å². The van der Waals surface area contributed by atoms with E-state index in [9.17, 15) is 5.11 Å². The molecule has 1 aliphatic carbocycles. The Bertz CT molecular complexity index is 708. The molecule has 3 atom stereocenters. The number of likely N-dealkylation sites (N-methyl/N-ethyl adjacent to an activating group) is 1. The maximum Gasteiger partial charge on any atom is 0.139 e. The lowest BCUT2D eigenvalue weighted by molar-refractivity contribution is -0.911. The molecule has 3 unspecified atom stereocenters. The number of halogens is 2. The summed E-state index contributed by atoms with van der Waals surface area (Å²) < 4.78 is 0.650. The van der Waals surface area contributed by atoms with E-state index >= 15 is 0 Å². The lowest BCUT2D eigenvalue weighted by Crippen LogP contribution is -2.62. The number of hydrogen-bond donors (Lipinski definition) is 1. The number of benzene rings is 1. The van der Waals surface area contributed by atoms with Crippen LogP contribution in [-0.4, -0.2) is 55.7 Å². The average molecular weight is 583 g/mol. The minimum absolute atomic E-state index is 0.0394. The van der Waals surface area contributed by atoms with Crippen LogP contribution in [0.15, 0.2) is 53.5 Å². The van der Waals surface area contributed by atoms with Crippen LogP contribution in [0.2, 0.25) is 0 Å². The van der Waals surface area contributed by atoms with Crippen LogP contribution in [0, 0.1) is 0 Å². The number of nitrogens with zero attached hydrogens (tertiary/aromatic N) is 2. The predicted molar refractivity (Wildman–Crippen MR) is 125 cm³/mol. The molecule has 0 amide bonds. The van der Waals surface area contributed by atoms with Crippen molar-refractivity contribution in [3.8, 4) is 0 Å². The molecule has 1 heterocycles. The van der Waals surface area contributed by atoms with E-state index in [1.54, 1.807) is 0 Å². The number of aliphatic hydroxyl groups excluding tert-OH is 1. The number of alkyl halides is 2. The fourth-order valence-electron chi connectivity index (χ4n) is 3.27. The van der Waals surface area contributed by atoms with Crippen molar-refractivity contribution in [1.82, 2.24) is 0 Å². The van der Waals surface area contributed by atoms with Gasteiger partial charge in [0.25, 0.3) is 0 Å². The van der Waals surface area contributed by atoms with E-state index in [4.69, 9.17) is 0 Å². The molecule has 1 aliphatic heterocycles. The normalized spacial score (nSPS) is 29.3. The summed E-state index contributed by atoms with van der Waals surface area (Å²) in [4.78, 5) is 3.90. The highest BCUT2D eigenvalue weighted by Gasteiger charge is 2.55. The SMILES string of the molecule is CC(CN1c2ccccc2SC2(I)C=CC=CC12I)[N+](C)(C)CCO. The zero-order valence-corrected chi connectivity index (χ0v) is 20.0. The highest BCUT2D eigenvalue weighted by atomic mass is 127. The van der Waals surface area contributed by atoms with Gasteiger partial charge in [0.2, 0.25) is 0 Å². The second-order valence-electron chi connectivity index (χ2n) is 7.29. The minimum atomic E-state index is -0.118. The number of aliphatic hydroxyl groups is 1. The van der Waals surface area contributed by atoms with Gasteiger partial charge >= 0.3 is 0 Å². The van der Waals surface area contributed by atoms with Gasteiger partial charge in [-0.05, 0) is 47.7 Å². The Kier molecular flexibility index (Phi) is 5.86. The molecule has 0 radical (unpaired) electrons. The van der Waals surface area contributed by atoms with Crippen LogP contribution < -0.4 is 4.90 Å². The molecule has 1 aromatic rings. The zero-order valence-electron chi connectivity index (χ0n) is 14.8. The molecule has 1 aromatic carbocycles. The van der Waals surface area contributed by atoms with E-state index in [2.05, 4.69) is 120 Å². The maximum absolute atomic E-state index is 9.44. The van der Waals surface area contributed by atoms with Crippen molar-refractivity contribution in [2.24, 2.45) is 0 Å². The Morgan fingerprint density at radius 2 is 1.88 bits per heavy atom. The molecule has 3 rings (SSSR count). The van der Waals surface area contributed by atoms with Gasteiger partial charge in [-0.25, -0.2) is 0 Å². The molecule has 136 valence electrons. The van der Waals surface area contributed by atoms with E-state index in [1.165, 1.54) is 10.6 Å². The molecule has 2 aliphatic rings. The van der Waals surface area contributed by atoms with E-state index in [-0.39, 0.29) is 12.9 Å². The fraction of sp³-hybridized carbons (Fsp3) is 0.474. The monoisotopic (exact) mass is 583 g/mol. The van der Waals surface area contributed by atoms with Crippen LogP contribution in [-0.2, 0) is 0 Å². The van der Waals surface area contributed by atoms with Gasteiger partial charge < -0.3 is 14.5 Å². The van der Waals surface area contributed by atoms with Crippen molar-refractivity contribution < 1.29 is 9.59 Å². The van der Waals surface area contributed by atoms with Gasteiger partial charge in [0, 0.05) is 4.90 Å². The number of rotatable bonds is 5. The number of allylic oxidation sites excluding steroid dienone is 2. The van der Waals surface area contributed by atoms with Gasteiger partial charge in [-0.15, -0.1) is 0 Å². The van der Waals surface area contributed by atoms with Crippen molar-refractivity contribution >= 4 is 62.6 Å². The third kappa shape index (κ3) is 3.53. The van der Waals surface area contributed by atoms with Crippen molar-refractivity contribution in [1.29, 1.82) is 0 Å². The van der Waals surface area contributed by atoms with E-state index in [0.29, 0.717) is 6.04 Å². The number of hydrogen-bond acceptors (Lipinski definition) is 3. The fourth-order valence-corrected chi connectivity index (χ4v) is 7.05. The predicted octanol–water partition coefficient (Wildman–Crippen LogP) is 4.44. The Balaban J connectivity index is 2.03. The van der Waals surface area contributed by atoms with E-state index in [1.807, 2.05) is 11.8 Å². The molecule has 0 saturated heterocycles. The summed E-state index contributed by atoms with van der Waals surface area (Å²) in [5, 5.41) is 9.44. The van der Waals surface area contributed by atoms with Gasteiger partial charge in [-0.3, -0.25) is 0 Å². The molecule has 25 heavy (non-hydrogen) atoms. The standard InChI is InChI=1S/C19H25I2N2OS/c1-15(23(2,3)12-13-24)14-22-16-8-4-5-9-17(16)25-19(21)11-7-6-10-18(19,22)20/h4-11,15,24H,12-14H2,1-3H3/q+1. The van der Waals surface area contributed by atoms with Gasteiger partial charge in [-0.1, -0.05) is 64.7 Å². The Hall–Kier alpha value is 0.230. The second-order valence-corrected chi connectivity index (χ2v) is 12.7. The Morgan fingerprint density at radius 1 is 1.20 bits per heavy atom. The van der Waals surface area contributed by atoms with Crippen LogP contribution in [0.5, 0.6) is 0 Å². The molecule has 1 N–H and O–H groups in total. The number of fused-ring (bicyclic) bond motifs is 2. The topological polar surface area (TPSA) is 23.5 Å². The van der Waals surface area contributed by atoms with Gasteiger partial charge in [-0.2, -0.15) is 0 Å². The van der Waals surface area contributed by atoms with E-state index < -0.39 is 0 Å². The highest BCUT2D eigenvalue weighted by molar-refractivity contribution is 14.1. The molecule has 0 bridgehead atoms. The van der Waals surface area contributed by atoms with Crippen LogP contribution in [0.4, 0.5) is 5.69 Å². The molecule has 0 aromatic heterocycles. The summed E-state index contributed by atoms with van der Waals surface area (Å²) >= 11 is 7.19. The van der Waals surface area contributed by atoms with Crippen LogP contribution in [0.25, 0.3) is 0 Å². The smallest absolute Gasteiger partial charge is 0.139 e. The number of para-hydroxylation sites is 1. The second kappa shape index (κ2) is 7.33. The van der Waals surface area contributed by atoms with Crippen molar-refractivity contribution in [3.05, 3.63) is 48.6 Å². The molecule has 3 nitrogen and oxygen atoms in total. The first-order valence-electron chi connectivity index (χ1n) is 8.48. The molecular weight excluding hydrogens is 558 g/mol. The lowest BCUT2D eigenvalue weighted by atomic mass is 10.0. The summed E-state index contributed by atoms with van der Waals surface area (Å²) in [6.45, 7) is 4.22. The van der Waals surface area contributed by atoms with Crippen LogP contribution in [0.3, 0.4) is 0 Å². The summed E-state index contributed by atoms with van der Waals surface area (Å²) in [6.07, 6.45) is 8.99. The third-order valence-electron chi connectivity index (χ3n) is 5.34. The summed E-state index contributed by atoms with van der Waals surface area (Å²) in [7, 11) is 4.42. The largest absolute Gasteiger partial charge is 0.391 e. The maximum atomic E-state index is 9.44. The minimum Gasteiger partial charge on any atom is -0.391 e. The van der Waals surface area contributed by atoms with Crippen molar-refractivity contribution in [3.63, 3.8) is 0 Å². The first-order chi connectivity index (χ1) is 11.7. The summed E-state index contributed by atoms with van der Waals surface area (Å²) in [5.74, 6) is 0. The quantitative estimate of drug-likeness (QED) is 0.240. The number of anilines is 1. The van der Waals surface area contributed by atoms with Crippen molar-refractivity contribution in [2.45, 2.75) is 24.2 Å². The van der Waals surface area contributed by atoms with Gasteiger partial charge in [0.15, 0.2) is 0 Å². The average Bonchev–Trinajstić information content (AvgIpc) is 2.55. The Labute approximate surface area is 182 Å². The third-order valence-corrected chi connectivity index (χ3v) is 11.7. The van der Waals surface area contributed by atoms with Gasteiger partial charge in [0.05, 0.1) is 32.9 Å². The lowest BCUT2D eigenvalue weighted by Gasteiger charge is -2.54. The first kappa shape index (κ1) is 20.0. The number of quaternary nitrogens is 1.